The average molecular weight is 296 g/mol. The number of anilines is 2. The van der Waals surface area contributed by atoms with Gasteiger partial charge in [0, 0.05) is 17.1 Å². The van der Waals surface area contributed by atoms with E-state index in [-0.39, 0.29) is 0 Å². The molecule has 2 N–H and O–H groups in total. The Bertz CT molecular complexity index is 809. The summed E-state index contributed by atoms with van der Waals surface area (Å²) in [7, 11) is 0. The van der Waals surface area contributed by atoms with Crippen molar-refractivity contribution in [3.63, 3.8) is 0 Å². The fraction of sp³-hybridized carbons (Fsp3) is 0.250. The normalized spacial score (nSPS) is 14.1. The first-order chi connectivity index (χ1) is 10.3. The van der Waals surface area contributed by atoms with Gasteiger partial charge in [0.2, 0.25) is 0 Å². The predicted octanol–water partition coefficient (Wildman–Crippen LogP) is 3.39. The Hall–Kier alpha value is -1.98. The first-order valence-electron chi connectivity index (χ1n) is 7.11. The Labute approximate surface area is 127 Å². The Morgan fingerprint density at radius 3 is 3.19 bits per heavy atom. The fourth-order valence-electron chi connectivity index (χ4n) is 2.85. The van der Waals surface area contributed by atoms with E-state index >= 15 is 0 Å². The number of rotatable bonds is 2. The van der Waals surface area contributed by atoms with E-state index in [1.165, 1.54) is 16.0 Å². The minimum Gasteiger partial charge on any atom is -0.339 e. The third kappa shape index (κ3) is 2.28. The Kier molecular flexibility index (Phi) is 3.09. The largest absolute Gasteiger partial charge is 0.339 e. The second-order valence-corrected chi connectivity index (χ2v) is 6.53. The summed E-state index contributed by atoms with van der Waals surface area (Å²) in [5, 5.41) is 8.03. The van der Waals surface area contributed by atoms with Crippen LogP contribution in [0.2, 0.25) is 0 Å². The quantitative estimate of drug-likeness (QED) is 0.761. The van der Waals surface area contributed by atoms with E-state index in [9.17, 15) is 0 Å². The van der Waals surface area contributed by atoms with Crippen molar-refractivity contribution < 1.29 is 0 Å². The number of aryl methyl sites for hydroxylation is 1. The summed E-state index contributed by atoms with van der Waals surface area (Å²) >= 11 is 1.70. The van der Waals surface area contributed by atoms with Crippen molar-refractivity contribution in [3.05, 3.63) is 46.6 Å². The second-order valence-electron chi connectivity index (χ2n) is 5.29. The van der Waals surface area contributed by atoms with Gasteiger partial charge < -0.3 is 10.6 Å². The maximum Gasteiger partial charge on any atom is 0.142 e. The van der Waals surface area contributed by atoms with Gasteiger partial charge in [-0.15, -0.1) is 11.3 Å². The van der Waals surface area contributed by atoms with Crippen molar-refractivity contribution in [2.75, 3.05) is 11.9 Å². The van der Waals surface area contributed by atoms with Crippen LogP contribution in [0.15, 0.2) is 30.6 Å². The second kappa shape index (κ2) is 5.09. The molecule has 2 aromatic heterocycles. The molecule has 3 heterocycles. The first-order valence-corrected chi connectivity index (χ1v) is 7.92. The van der Waals surface area contributed by atoms with Crippen LogP contribution in [0.1, 0.15) is 16.0 Å². The van der Waals surface area contributed by atoms with Gasteiger partial charge in [-0.3, -0.25) is 0 Å². The van der Waals surface area contributed by atoms with Crippen LogP contribution in [0.3, 0.4) is 0 Å². The third-order valence-corrected chi connectivity index (χ3v) is 4.80. The number of thiophene rings is 1. The van der Waals surface area contributed by atoms with Crippen LogP contribution in [0.4, 0.5) is 11.5 Å². The van der Waals surface area contributed by atoms with Gasteiger partial charge in [0.15, 0.2) is 0 Å². The zero-order valence-corrected chi connectivity index (χ0v) is 12.6. The van der Waals surface area contributed by atoms with Crippen molar-refractivity contribution in [3.8, 4) is 0 Å². The summed E-state index contributed by atoms with van der Waals surface area (Å²) in [6, 6.07) is 8.58. The molecular formula is C16H16N4S. The maximum absolute atomic E-state index is 4.43. The van der Waals surface area contributed by atoms with E-state index in [1.54, 1.807) is 17.7 Å². The monoisotopic (exact) mass is 296 g/mol. The molecule has 0 fully saturated rings. The highest BCUT2D eigenvalue weighted by molar-refractivity contribution is 7.18. The molecule has 4 nitrogen and oxygen atoms in total. The van der Waals surface area contributed by atoms with Crippen molar-refractivity contribution in [1.29, 1.82) is 0 Å². The highest BCUT2D eigenvalue weighted by Gasteiger charge is 2.14. The number of fused-ring (bicyclic) bond motifs is 2. The van der Waals surface area contributed by atoms with E-state index in [0.29, 0.717) is 0 Å². The molecular weight excluding hydrogens is 280 g/mol. The van der Waals surface area contributed by atoms with Crippen molar-refractivity contribution in [2.45, 2.75) is 19.9 Å². The van der Waals surface area contributed by atoms with E-state index in [0.717, 1.165) is 41.2 Å². The summed E-state index contributed by atoms with van der Waals surface area (Å²) in [4.78, 5) is 11.1. The summed E-state index contributed by atoms with van der Waals surface area (Å²) in [6.07, 6.45) is 2.69. The summed E-state index contributed by atoms with van der Waals surface area (Å²) in [6.45, 7) is 4.08. The van der Waals surface area contributed by atoms with Crippen molar-refractivity contribution in [2.24, 2.45) is 0 Å². The highest BCUT2D eigenvalue weighted by Crippen LogP contribution is 2.31. The lowest BCUT2D eigenvalue weighted by Gasteiger charge is -2.20. The molecule has 0 bridgehead atoms. The van der Waals surface area contributed by atoms with Crippen molar-refractivity contribution >= 4 is 33.1 Å². The van der Waals surface area contributed by atoms with Gasteiger partial charge in [-0.1, -0.05) is 12.1 Å². The molecule has 0 saturated carbocycles. The molecule has 106 valence electrons. The molecule has 1 aliphatic heterocycles. The molecule has 4 rings (SSSR count). The first kappa shape index (κ1) is 12.7. The zero-order valence-electron chi connectivity index (χ0n) is 11.8. The number of aromatic nitrogens is 2. The smallest absolute Gasteiger partial charge is 0.142 e. The highest BCUT2D eigenvalue weighted by atomic mass is 32.1. The molecule has 0 amide bonds. The summed E-state index contributed by atoms with van der Waals surface area (Å²) in [5.74, 6) is 0.899. The van der Waals surface area contributed by atoms with Gasteiger partial charge >= 0.3 is 0 Å². The van der Waals surface area contributed by atoms with Gasteiger partial charge in [-0.05, 0) is 43.1 Å². The Morgan fingerprint density at radius 1 is 1.29 bits per heavy atom. The number of hydrogen-bond acceptors (Lipinski definition) is 5. The Balaban J connectivity index is 1.78. The standard InChI is InChI=1S/C16H16N4S/c1-10-7-13-15(18-9-19-16(13)21-10)20-14-4-2-3-11-8-17-6-5-12(11)14/h2-4,7,9,17H,5-6,8H2,1H3,(H,18,19,20). The lowest BCUT2D eigenvalue weighted by molar-refractivity contribution is 0.645. The van der Waals surface area contributed by atoms with E-state index in [4.69, 9.17) is 0 Å². The molecule has 1 aromatic carbocycles. The minimum atomic E-state index is 0.899. The summed E-state index contributed by atoms with van der Waals surface area (Å²) < 4.78 is 0. The van der Waals surface area contributed by atoms with Crippen LogP contribution in [0, 0.1) is 6.92 Å². The van der Waals surface area contributed by atoms with Gasteiger partial charge in [0.1, 0.15) is 17.0 Å². The zero-order chi connectivity index (χ0) is 14.2. The minimum absolute atomic E-state index is 0.899. The van der Waals surface area contributed by atoms with Gasteiger partial charge in [0.05, 0.1) is 5.39 Å². The van der Waals surface area contributed by atoms with Gasteiger partial charge in [-0.2, -0.15) is 0 Å². The Morgan fingerprint density at radius 2 is 2.24 bits per heavy atom. The van der Waals surface area contributed by atoms with Crippen LogP contribution in [0.25, 0.3) is 10.2 Å². The SMILES string of the molecule is Cc1cc2c(Nc3cccc4c3CCNC4)ncnc2s1. The molecule has 0 saturated heterocycles. The molecule has 0 aliphatic carbocycles. The van der Waals surface area contributed by atoms with Crippen LogP contribution in [0.5, 0.6) is 0 Å². The average Bonchev–Trinajstić information content (AvgIpc) is 2.89. The number of nitrogens with one attached hydrogen (secondary N) is 2. The number of nitrogens with zero attached hydrogens (tertiary/aromatic N) is 2. The molecule has 5 heteroatoms. The molecule has 1 aliphatic rings. The molecule has 0 spiro atoms. The molecule has 3 aromatic rings. The molecule has 0 unspecified atom stereocenters. The third-order valence-electron chi connectivity index (χ3n) is 3.85. The molecule has 21 heavy (non-hydrogen) atoms. The molecule has 0 atom stereocenters. The topological polar surface area (TPSA) is 49.8 Å². The fourth-order valence-corrected chi connectivity index (χ4v) is 3.70. The maximum atomic E-state index is 4.43. The van der Waals surface area contributed by atoms with Crippen LogP contribution < -0.4 is 10.6 Å². The van der Waals surface area contributed by atoms with Crippen LogP contribution in [-0.4, -0.2) is 16.5 Å². The number of benzene rings is 1. The van der Waals surface area contributed by atoms with Crippen molar-refractivity contribution in [1.82, 2.24) is 15.3 Å². The van der Waals surface area contributed by atoms with E-state index in [1.807, 2.05) is 0 Å². The molecule has 0 radical (unpaired) electrons. The predicted molar refractivity (Wildman–Crippen MR) is 87.3 cm³/mol. The van der Waals surface area contributed by atoms with E-state index < -0.39 is 0 Å². The lowest BCUT2D eigenvalue weighted by atomic mass is 9.99. The van der Waals surface area contributed by atoms with Crippen LogP contribution >= 0.6 is 11.3 Å². The number of hydrogen-bond donors (Lipinski definition) is 2. The lowest BCUT2D eigenvalue weighted by Crippen LogP contribution is -2.24. The van der Waals surface area contributed by atoms with Crippen LogP contribution in [-0.2, 0) is 13.0 Å². The van der Waals surface area contributed by atoms with E-state index in [2.05, 4.69) is 51.8 Å². The van der Waals surface area contributed by atoms with Gasteiger partial charge in [-0.25, -0.2) is 9.97 Å². The summed E-state index contributed by atoms with van der Waals surface area (Å²) in [5.41, 5.74) is 3.94. The van der Waals surface area contributed by atoms with Gasteiger partial charge in [0.25, 0.3) is 0 Å².